The lowest BCUT2D eigenvalue weighted by molar-refractivity contribution is -0.131. The Morgan fingerprint density at radius 1 is 1.29 bits per heavy atom. The molecular formula is C28H31N3O3. The topological polar surface area (TPSA) is 77.6 Å². The third-order valence-corrected chi connectivity index (χ3v) is 9.21. The molecule has 1 saturated heterocycles. The van der Waals surface area contributed by atoms with Crippen LogP contribution in [-0.4, -0.2) is 46.1 Å². The van der Waals surface area contributed by atoms with Gasteiger partial charge in [0.2, 0.25) is 5.91 Å². The summed E-state index contributed by atoms with van der Waals surface area (Å²) in [5, 5.41) is 15.8. The summed E-state index contributed by atoms with van der Waals surface area (Å²) in [6, 6.07) is 12.4. The number of carbonyl (C=O) groups is 1. The summed E-state index contributed by atoms with van der Waals surface area (Å²) in [6.07, 6.45) is 4.61. The number of H-pyrrole nitrogens is 1. The number of phenolic OH excluding ortho intramolecular Hbond substituents is 1. The molecule has 1 amide bonds. The van der Waals surface area contributed by atoms with Crippen LogP contribution in [0.3, 0.4) is 0 Å². The zero-order valence-electron chi connectivity index (χ0n) is 19.8. The van der Waals surface area contributed by atoms with Crippen LogP contribution in [0.4, 0.5) is 0 Å². The van der Waals surface area contributed by atoms with Crippen molar-refractivity contribution in [3.63, 3.8) is 0 Å². The van der Waals surface area contributed by atoms with Gasteiger partial charge in [0.15, 0.2) is 17.6 Å². The molecule has 3 heterocycles. The number of amides is 1. The number of aromatic hydroxyl groups is 1. The van der Waals surface area contributed by atoms with E-state index in [1.54, 1.807) is 6.07 Å². The molecule has 34 heavy (non-hydrogen) atoms. The van der Waals surface area contributed by atoms with E-state index in [1.807, 2.05) is 0 Å². The number of rotatable bonds is 4. The molecule has 1 fully saturated rings. The van der Waals surface area contributed by atoms with E-state index in [4.69, 9.17) is 4.74 Å². The van der Waals surface area contributed by atoms with Crippen LogP contribution >= 0.6 is 0 Å². The molecule has 3 aromatic rings. The summed E-state index contributed by atoms with van der Waals surface area (Å²) in [5.41, 5.74) is 4.89. The molecular weight excluding hydrogens is 426 g/mol. The van der Waals surface area contributed by atoms with Crippen molar-refractivity contribution in [3.8, 4) is 11.5 Å². The maximum absolute atomic E-state index is 13.4. The third kappa shape index (κ3) is 2.28. The van der Waals surface area contributed by atoms with Gasteiger partial charge in [-0.05, 0) is 56.1 Å². The molecule has 6 nitrogen and oxygen atoms in total. The molecule has 0 saturated carbocycles. The van der Waals surface area contributed by atoms with Gasteiger partial charge in [-0.25, -0.2) is 0 Å². The Bertz CT molecular complexity index is 1350. The highest BCUT2D eigenvalue weighted by Crippen LogP contribution is 2.68. The minimum absolute atomic E-state index is 0.126. The van der Waals surface area contributed by atoms with E-state index in [0.29, 0.717) is 12.2 Å². The first-order valence-electron chi connectivity index (χ1n) is 12.6. The molecule has 0 radical (unpaired) electrons. The molecule has 4 atom stereocenters. The average molecular weight is 458 g/mol. The lowest BCUT2D eigenvalue weighted by Crippen LogP contribution is -2.79. The number of para-hydroxylation sites is 1. The first-order valence-corrected chi connectivity index (χ1v) is 12.6. The molecule has 2 aliphatic heterocycles. The second-order valence-electron chi connectivity index (χ2n) is 10.7. The minimum Gasteiger partial charge on any atom is -0.504 e. The maximum Gasteiger partial charge on any atom is 0.220 e. The van der Waals surface area contributed by atoms with Gasteiger partial charge in [0.1, 0.15) is 0 Å². The van der Waals surface area contributed by atoms with Crippen LogP contribution in [0.15, 0.2) is 36.4 Å². The second-order valence-corrected chi connectivity index (χ2v) is 10.7. The molecule has 1 spiro atoms. The van der Waals surface area contributed by atoms with Crippen molar-refractivity contribution in [1.82, 2.24) is 15.2 Å². The highest BCUT2D eigenvalue weighted by Gasteiger charge is 2.73. The molecule has 7 rings (SSSR count). The second kappa shape index (κ2) is 6.79. The number of nitrogens with one attached hydrogen (secondary N) is 2. The highest BCUT2D eigenvalue weighted by molar-refractivity contribution is 5.87. The molecule has 6 heteroatoms. The smallest absolute Gasteiger partial charge is 0.220 e. The first-order chi connectivity index (χ1) is 16.5. The number of hydrogen-bond donors (Lipinski definition) is 3. The fraction of sp³-hybridized carbons (Fsp3) is 0.464. The molecule has 3 N–H and O–H groups in total. The Kier molecular flexibility index (Phi) is 4.07. The van der Waals surface area contributed by atoms with Crippen LogP contribution in [0.2, 0.25) is 0 Å². The molecule has 2 bridgehead atoms. The van der Waals surface area contributed by atoms with Crippen molar-refractivity contribution < 1.29 is 14.6 Å². The molecule has 0 unspecified atom stereocenters. The quantitative estimate of drug-likeness (QED) is 0.551. The van der Waals surface area contributed by atoms with Crippen molar-refractivity contribution >= 4 is 16.8 Å². The standard InChI is InChI=1S/C28H31N3O3/c1-3-4-9-22(33)30-28-15-18-17-7-5-6-8-19(17)29-24(18)26-27(28)12-13-31(2)21(28)14-16-10-11-20(32)25(34-26)23(16)27/h5-8,10-11,21,26,29,32H,3-4,9,12-15H2,1-2H3,(H,30,33)/t21-,26+,27+,28-/m1/s1. The summed E-state index contributed by atoms with van der Waals surface area (Å²) in [5.74, 6) is 0.939. The van der Waals surface area contributed by atoms with Gasteiger partial charge in [-0.3, -0.25) is 4.79 Å². The Hall–Kier alpha value is -2.99. The fourth-order valence-electron chi connectivity index (χ4n) is 7.78. The van der Waals surface area contributed by atoms with Crippen LogP contribution in [0, 0.1) is 0 Å². The van der Waals surface area contributed by atoms with Crippen LogP contribution < -0.4 is 10.1 Å². The van der Waals surface area contributed by atoms with E-state index in [2.05, 4.69) is 59.5 Å². The number of aromatic nitrogens is 1. The lowest BCUT2D eigenvalue weighted by Gasteiger charge is -2.64. The summed E-state index contributed by atoms with van der Waals surface area (Å²) in [6.45, 7) is 3.06. The van der Waals surface area contributed by atoms with Crippen molar-refractivity contribution in [3.05, 3.63) is 58.8 Å². The predicted octanol–water partition coefficient (Wildman–Crippen LogP) is 4.11. The van der Waals surface area contributed by atoms with E-state index in [9.17, 15) is 9.90 Å². The van der Waals surface area contributed by atoms with E-state index in [0.717, 1.165) is 55.4 Å². The van der Waals surface area contributed by atoms with Gasteiger partial charge in [-0.1, -0.05) is 37.6 Å². The largest absolute Gasteiger partial charge is 0.504 e. The molecule has 4 aliphatic rings. The summed E-state index contributed by atoms with van der Waals surface area (Å²) < 4.78 is 6.74. The van der Waals surface area contributed by atoms with E-state index in [1.165, 1.54) is 16.5 Å². The molecule has 2 aliphatic carbocycles. The Labute approximate surface area is 199 Å². The number of unbranched alkanes of at least 4 members (excludes halogenated alkanes) is 1. The van der Waals surface area contributed by atoms with Crippen LogP contribution in [0.25, 0.3) is 10.9 Å². The van der Waals surface area contributed by atoms with Gasteiger partial charge in [0.05, 0.1) is 16.6 Å². The lowest BCUT2D eigenvalue weighted by atomic mass is 9.47. The number of piperidine rings is 1. The first kappa shape index (κ1) is 20.4. The fourth-order valence-corrected chi connectivity index (χ4v) is 7.78. The van der Waals surface area contributed by atoms with Gasteiger partial charge in [0.25, 0.3) is 0 Å². The van der Waals surface area contributed by atoms with E-state index < -0.39 is 11.0 Å². The van der Waals surface area contributed by atoms with E-state index in [-0.39, 0.29) is 23.8 Å². The summed E-state index contributed by atoms with van der Waals surface area (Å²) in [7, 11) is 2.19. The van der Waals surface area contributed by atoms with Crippen LogP contribution in [-0.2, 0) is 23.1 Å². The van der Waals surface area contributed by atoms with Crippen molar-refractivity contribution in [1.29, 1.82) is 0 Å². The number of likely N-dealkylation sites (tertiary alicyclic amines) is 1. The normalized spacial score (nSPS) is 30.5. The Morgan fingerprint density at radius 2 is 2.15 bits per heavy atom. The molecule has 176 valence electrons. The van der Waals surface area contributed by atoms with Crippen molar-refractivity contribution in [2.24, 2.45) is 0 Å². The predicted molar refractivity (Wildman–Crippen MR) is 130 cm³/mol. The van der Waals surface area contributed by atoms with E-state index >= 15 is 0 Å². The number of aromatic amines is 1. The average Bonchev–Trinajstić information content (AvgIpc) is 3.37. The van der Waals surface area contributed by atoms with Gasteiger partial charge in [-0.2, -0.15) is 0 Å². The van der Waals surface area contributed by atoms with Crippen LogP contribution in [0.5, 0.6) is 11.5 Å². The van der Waals surface area contributed by atoms with Crippen LogP contribution in [0.1, 0.15) is 61.1 Å². The SMILES string of the molecule is CCCCC(=O)N[C@@]12Cc3c([nH]c4ccccc34)[C@@H]3Oc4c(O)ccc5c4[C@@]31CCN(C)[C@@H]2C5. The number of fused-ring (bicyclic) bond motifs is 4. The Morgan fingerprint density at radius 3 is 3.00 bits per heavy atom. The number of nitrogens with zero attached hydrogens (tertiary/aromatic N) is 1. The van der Waals surface area contributed by atoms with Gasteiger partial charge < -0.3 is 25.0 Å². The number of carbonyl (C=O) groups excluding carboxylic acids is 1. The zero-order valence-corrected chi connectivity index (χ0v) is 19.8. The number of hydrogen-bond acceptors (Lipinski definition) is 4. The van der Waals surface area contributed by atoms with Gasteiger partial charge in [0, 0.05) is 35.3 Å². The van der Waals surface area contributed by atoms with Crippen molar-refractivity contribution in [2.45, 2.75) is 68.5 Å². The van der Waals surface area contributed by atoms with Crippen molar-refractivity contribution in [2.75, 3.05) is 13.6 Å². The minimum atomic E-state index is -0.500. The van der Waals surface area contributed by atoms with Gasteiger partial charge in [-0.15, -0.1) is 0 Å². The maximum atomic E-state index is 13.4. The third-order valence-electron chi connectivity index (χ3n) is 9.21. The molecule has 1 aromatic heterocycles. The summed E-state index contributed by atoms with van der Waals surface area (Å²) >= 11 is 0. The number of ether oxygens (including phenoxy) is 1. The zero-order chi connectivity index (χ0) is 23.2. The van der Waals surface area contributed by atoms with Gasteiger partial charge >= 0.3 is 0 Å². The number of likely N-dealkylation sites (N-methyl/N-ethyl adjacent to an activating group) is 1. The highest BCUT2D eigenvalue weighted by atomic mass is 16.5. The Balaban J connectivity index is 1.53. The number of benzene rings is 2. The number of phenols is 1. The summed E-state index contributed by atoms with van der Waals surface area (Å²) in [4.78, 5) is 19.6. The molecule has 2 aromatic carbocycles. The monoisotopic (exact) mass is 457 g/mol.